The fourth-order valence-electron chi connectivity index (χ4n) is 5.34. The van der Waals surface area contributed by atoms with E-state index in [2.05, 4.69) is 85.4 Å². The number of nitrogens with zero attached hydrogens (tertiary/aromatic N) is 5. The van der Waals surface area contributed by atoms with Crippen molar-refractivity contribution in [1.82, 2.24) is 24.3 Å². The Bertz CT molecular complexity index is 1140. The van der Waals surface area contributed by atoms with Gasteiger partial charge in [0.15, 0.2) is 0 Å². The van der Waals surface area contributed by atoms with Gasteiger partial charge in [-0.3, -0.25) is 19.2 Å². The van der Waals surface area contributed by atoms with Crippen LogP contribution in [0.25, 0.3) is 16.7 Å². The number of rotatable bonds is 5. The molecule has 0 unspecified atom stereocenters. The fraction of sp³-hybridized carbons (Fsp3) is 0.481. The molecule has 6 nitrogen and oxygen atoms in total. The molecule has 0 N–H and O–H groups in total. The normalized spacial score (nSPS) is 18.8. The molecule has 0 atom stereocenters. The molecule has 1 amide bonds. The lowest BCUT2D eigenvalue weighted by Crippen LogP contribution is -2.53. The molecule has 3 heterocycles. The van der Waals surface area contributed by atoms with Crippen LogP contribution in [0.2, 0.25) is 0 Å². The monoisotopic (exact) mass is 523 g/mol. The number of likely N-dealkylation sites (tertiary alicyclic amines) is 1. The number of aromatic nitrogens is 2. The standard InChI is InChI=1S/C27H34BrN5O/c1-20(2)31-14-16-32(17-15-31)27(34)21-10-12-30(13-11-21)19-26-29-24-8-3-4-9-25(24)33(26)23-7-5-6-22(28)18-23/h3-9,18,20-21H,10-17,19H2,1-2H3. The SMILES string of the molecule is CC(C)N1CCN(C(=O)C2CCN(Cc3nc4ccccc4n3-c3cccc(Br)c3)CC2)CC1. The first-order chi connectivity index (χ1) is 16.5. The highest BCUT2D eigenvalue weighted by Gasteiger charge is 2.31. The van der Waals surface area contributed by atoms with E-state index in [0.29, 0.717) is 11.9 Å². The minimum Gasteiger partial charge on any atom is -0.340 e. The van der Waals surface area contributed by atoms with Gasteiger partial charge in [0, 0.05) is 48.3 Å². The molecular weight excluding hydrogens is 490 g/mol. The first-order valence-electron chi connectivity index (χ1n) is 12.5. The molecule has 0 saturated carbocycles. The highest BCUT2D eigenvalue weighted by molar-refractivity contribution is 9.10. The van der Waals surface area contributed by atoms with Gasteiger partial charge in [-0.25, -0.2) is 4.98 Å². The number of carbonyl (C=O) groups is 1. The predicted molar refractivity (Wildman–Crippen MR) is 140 cm³/mol. The zero-order chi connectivity index (χ0) is 23.7. The zero-order valence-electron chi connectivity index (χ0n) is 20.2. The van der Waals surface area contributed by atoms with Gasteiger partial charge in [-0.1, -0.05) is 34.1 Å². The molecule has 34 heavy (non-hydrogen) atoms. The average Bonchev–Trinajstić information content (AvgIpc) is 3.22. The summed E-state index contributed by atoms with van der Waals surface area (Å²) in [7, 11) is 0. The van der Waals surface area contributed by atoms with Crippen molar-refractivity contribution in [1.29, 1.82) is 0 Å². The smallest absolute Gasteiger partial charge is 0.225 e. The number of amides is 1. The lowest BCUT2D eigenvalue weighted by Gasteiger charge is -2.39. The van der Waals surface area contributed by atoms with Crippen molar-refractivity contribution in [2.45, 2.75) is 39.3 Å². The van der Waals surface area contributed by atoms with Crippen molar-refractivity contribution >= 4 is 32.9 Å². The molecule has 0 radical (unpaired) electrons. The lowest BCUT2D eigenvalue weighted by atomic mass is 9.95. The van der Waals surface area contributed by atoms with Gasteiger partial charge >= 0.3 is 0 Å². The summed E-state index contributed by atoms with van der Waals surface area (Å²) in [6.07, 6.45) is 1.86. The third kappa shape index (κ3) is 4.92. The van der Waals surface area contributed by atoms with Crippen LogP contribution in [0.1, 0.15) is 32.5 Å². The van der Waals surface area contributed by atoms with Gasteiger partial charge in [0.25, 0.3) is 0 Å². The summed E-state index contributed by atoms with van der Waals surface area (Å²) in [5, 5.41) is 0. The number of hydrogen-bond acceptors (Lipinski definition) is 4. The summed E-state index contributed by atoms with van der Waals surface area (Å²) in [6, 6.07) is 17.3. The zero-order valence-corrected chi connectivity index (χ0v) is 21.7. The number of benzene rings is 2. The average molecular weight is 525 g/mol. The Morgan fingerprint density at radius 2 is 1.74 bits per heavy atom. The molecule has 0 aliphatic carbocycles. The molecular formula is C27H34BrN5O. The molecule has 2 saturated heterocycles. The van der Waals surface area contributed by atoms with Gasteiger partial charge < -0.3 is 4.90 Å². The minimum atomic E-state index is 0.158. The Morgan fingerprint density at radius 1 is 1.00 bits per heavy atom. The summed E-state index contributed by atoms with van der Waals surface area (Å²) >= 11 is 3.62. The van der Waals surface area contributed by atoms with Gasteiger partial charge in [-0.2, -0.15) is 0 Å². The molecule has 5 rings (SSSR count). The summed E-state index contributed by atoms with van der Waals surface area (Å²) < 4.78 is 3.33. The van der Waals surface area contributed by atoms with Gasteiger partial charge in [-0.15, -0.1) is 0 Å². The van der Waals surface area contributed by atoms with Crippen molar-refractivity contribution in [2.75, 3.05) is 39.3 Å². The maximum Gasteiger partial charge on any atom is 0.225 e. The van der Waals surface area contributed by atoms with Crippen molar-refractivity contribution < 1.29 is 4.79 Å². The minimum absolute atomic E-state index is 0.158. The Kier molecular flexibility index (Phi) is 7.04. The topological polar surface area (TPSA) is 44.6 Å². The van der Waals surface area contributed by atoms with Crippen LogP contribution in [-0.2, 0) is 11.3 Å². The second-order valence-electron chi connectivity index (χ2n) is 9.84. The van der Waals surface area contributed by atoms with E-state index in [1.807, 2.05) is 12.1 Å². The Morgan fingerprint density at radius 3 is 2.44 bits per heavy atom. The van der Waals surface area contributed by atoms with Crippen LogP contribution in [0, 0.1) is 5.92 Å². The highest BCUT2D eigenvalue weighted by atomic mass is 79.9. The van der Waals surface area contributed by atoms with E-state index in [9.17, 15) is 4.79 Å². The van der Waals surface area contributed by atoms with Gasteiger partial charge in [-0.05, 0) is 70.1 Å². The molecule has 180 valence electrons. The highest BCUT2D eigenvalue weighted by Crippen LogP contribution is 2.27. The summed E-state index contributed by atoms with van der Waals surface area (Å²) in [6.45, 7) is 10.9. The van der Waals surface area contributed by atoms with Crippen molar-refractivity contribution in [2.24, 2.45) is 5.92 Å². The number of halogens is 1. The van der Waals surface area contributed by atoms with Crippen LogP contribution < -0.4 is 0 Å². The maximum atomic E-state index is 13.2. The number of fused-ring (bicyclic) bond motifs is 1. The number of carbonyl (C=O) groups excluding carboxylic acids is 1. The van der Waals surface area contributed by atoms with E-state index in [0.717, 1.165) is 85.7 Å². The number of piperidine rings is 1. The van der Waals surface area contributed by atoms with E-state index in [1.54, 1.807) is 0 Å². The molecule has 1 aromatic heterocycles. The van der Waals surface area contributed by atoms with E-state index < -0.39 is 0 Å². The summed E-state index contributed by atoms with van der Waals surface area (Å²) in [5.74, 6) is 1.57. The van der Waals surface area contributed by atoms with E-state index in [-0.39, 0.29) is 5.92 Å². The lowest BCUT2D eigenvalue weighted by molar-refractivity contribution is -0.139. The number of piperazine rings is 1. The molecule has 2 aliphatic heterocycles. The van der Waals surface area contributed by atoms with E-state index >= 15 is 0 Å². The van der Waals surface area contributed by atoms with Crippen LogP contribution in [0.4, 0.5) is 0 Å². The van der Waals surface area contributed by atoms with Crippen molar-refractivity contribution in [3.05, 3.63) is 58.8 Å². The third-order valence-electron chi connectivity index (χ3n) is 7.35. The van der Waals surface area contributed by atoms with Gasteiger partial charge in [0.2, 0.25) is 5.91 Å². The van der Waals surface area contributed by atoms with Gasteiger partial charge in [0.05, 0.1) is 17.6 Å². The van der Waals surface area contributed by atoms with Crippen LogP contribution >= 0.6 is 15.9 Å². The molecule has 7 heteroatoms. The van der Waals surface area contributed by atoms with Crippen LogP contribution in [0.15, 0.2) is 53.0 Å². The quantitative estimate of drug-likeness (QED) is 0.491. The van der Waals surface area contributed by atoms with Crippen molar-refractivity contribution in [3.8, 4) is 5.69 Å². The third-order valence-corrected chi connectivity index (χ3v) is 7.85. The predicted octanol–water partition coefficient (Wildman–Crippen LogP) is 4.55. The number of imidazole rings is 1. The first-order valence-corrected chi connectivity index (χ1v) is 13.3. The van der Waals surface area contributed by atoms with E-state index in [4.69, 9.17) is 4.98 Å². The largest absolute Gasteiger partial charge is 0.340 e. The molecule has 3 aromatic rings. The molecule has 2 aliphatic rings. The van der Waals surface area contributed by atoms with Crippen LogP contribution in [-0.4, -0.2) is 75.5 Å². The second-order valence-corrected chi connectivity index (χ2v) is 10.8. The molecule has 2 aromatic carbocycles. The Labute approximate surface area is 210 Å². The summed E-state index contributed by atoms with van der Waals surface area (Å²) in [4.78, 5) is 25.2. The summed E-state index contributed by atoms with van der Waals surface area (Å²) in [5.41, 5.74) is 3.26. The second kappa shape index (κ2) is 10.2. The number of para-hydroxylation sites is 2. The fourth-order valence-corrected chi connectivity index (χ4v) is 5.73. The number of hydrogen-bond donors (Lipinski definition) is 0. The Balaban J connectivity index is 1.25. The Hall–Kier alpha value is -2.22. The van der Waals surface area contributed by atoms with Crippen LogP contribution in [0.5, 0.6) is 0 Å². The van der Waals surface area contributed by atoms with Crippen LogP contribution in [0.3, 0.4) is 0 Å². The molecule has 0 bridgehead atoms. The maximum absolute atomic E-state index is 13.2. The molecule has 2 fully saturated rings. The molecule has 0 spiro atoms. The van der Waals surface area contributed by atoms with Gasteiger partial charge in [0.1, 0.15) is 5.82 Å². The van der Waals surface area contributed by atoms with E-state index in [1.165, 1.54) is 0 Å². The first kappa shape index (κ1) is 23.5. The van der Waals surface area contributed by atoms with Crippen molar-refractivity contribution in [3.63, 3.8) is 0 Å².